The van der Waals surface area contributed by atoms with E-state index in [0.29, 0.717) is 0 Å². The Bertz CT molecular complexity index is 461. The first-order chi connectivity index (χ1) is 8.67. The van der Waals surface area contributed by atoms with Gasteiger partial charge in [0.2, 0.25) is 0 Å². The highest BCUT2D eigenvalue weighted by Gasteiger charge is 2.00. The summed E-state index contributed by atoms with van der Waals surface area (Å²) in [5.41, 5.74) is 8.75. The maximum absolute atomic E-state index is 4.14. The summed E-state index contributed by atoms with van der Waals surface area (Å²) in [6, 6.07) is 8.17. The van der Waals surface area contributed by atoms with Gasteiger partial charge in [-0.05, 0) is 24.6 Å². The lowest BCUT2D eigenvalue weighted by atomic mass is 10.1. The minimum Gasteiger partial charge on any atom is -0.341 e. The van der Waals surface area contributed by atoms with Gasteiger partial charge in [0.15, 0.2) is 0 Å². The predicted molar refractivity (Wildman–Crippen MR) is 78.0 cm³/mol. The first-order valence-electron chi connectivity index (χ1n) is 5.76. The number of nitrogens with zero attached hydrogens (tertiary/aromatic N) is 1. The number of aliphatic imine (C=N–C) groups is 1. The minimum absolute atomic E-state index is 0.740. The number of aryl methyl sites for hydroxylation is 1. The largest absolute Gasteiger partial charge is 0.341 e. The summed E-state index contributed by atoms with van der Waals surface area (Å²) in [5, 5.41) is 3.17. The molecule has 0 saturated heterocycles. The van der Waals surface area contributed by atoms with E-state index in [-0.39, 0.29) is 0 Å². The quantitative estimate of drug-likeness (QED) is 0.421. The van der Waals surface area contributed by atoms with E-state index in [1.165, 1.54) is 5.56 Å². The highest BCUT2D eigenvalue weighted by atomic mass is 15.3. The van der Waals surface area contributed by atoms with Crippen molar-refractivity contribution < 1.29 is 0 Å². The number of benzene rings is 1. The molecule has 0 heterocycles. The van der Waals surface area contributed by atoms with Crippen molar-refractivity contribution in [2.24, 2.45) is 4.99 Å². The average molecular weight is 244 g/mol. The molecule has 0 saturated carbocycles. The van der Waals surface area contributed by atoms with Crippen LogP contribution in [0.5, 0.6) is 0 Å². The number of amidine groups is 1. The molecule has 18 heavy (non-hydrogen) atoms. The highest BCUT2D eigenvalue weighted by molar-refractivity contribution is 5.98. The zero-order valence-electron chi connectivity index (χ0n) is 11.1. The van der Waals surface area contributed by atoms with Crippen molar-refractivity contribution in [1.29, 1.82) is 0 Å². The third kappa shape index (κ3) is 4.43. The van der Waals surface area contributed by atoms with Crippen LogP contribution in [-0.2, 0) is 0 Å². The van der Waals surface area contributed by atoms with Crippen molar-refractivity contribution >= 4 is 11.5 Å². The number of nitrogens with one attached hydrogen (secondary N) is 3. The van der Waals surface area contributed by atoms with Crippen LogP contribution in [-0.4, -0.2) is 19.9 Å². The topological polar surface area (TPSA) is 48.4 Å². The van der Waals surface area contributed by atoms with Crippen LogP contribution in [0.2, 0.25) is 0 Å². The summed E-state index contributed by atoms with van der Waals surface area (Å²) < 4.78 is 0. The van der Waals surface area contributed by atoms with Crippen LogP contribution in [0.3, 0.4) is 0 Å². The van der Waals surface area contributed by atoms with Gasteiger partial charge in [-0.15, -0.1) is 0 Å². The summed E-state index contributed by atoms with van der Waals surface area (Å²) in [6.45, 7) is 6.08. The van der Waals surface area contributed by atoms with Gasteiger partial charge in [-0.2, -0.15) is 0 Å². The van der Waals surface area contributed by atoms with Crippen molar-refractivity contribution in [3.63, 3.8) is 0 Å². The molecule has 0 amide bonds. The second-order valence-electron chi connectivity index (χ2n) is 3.81. The second-order valence-corrected chi connectivity index (χ2v) is 3.81. The lowest BCUT2D eigenvalue weighted by molar-refractivity contribution is 0.731. The Hall–Kier alpha value is -2.07. The summed E-state index contributed by atoms with van der Waals surface area (Å²) >= 11 is 0. The molecule has 0 aliphatic heterocycles. The van der Waals surface area contributed by atoms with Crippen LogP contribution in [0.25, 0.3) is 5.70 Å². The van der Waals surface area contributed by atoms with Crippen LogP contribution >= 0.6 is 0 Å². The maximum Gasteiger partial charge on any atom is 0.126 e. The van der Waals surface area contributed by atoms with E-state index in [1.807, 2.05) is 18.2 Å². The summed E-state index contributed by atoms with van der Waals surface area (Å²) in [7, 11) is 3.53. The van der Waals surface area contributed by atoms with Gasteiger partial charge >= 0.3 is 0 Å². The minimum atomic E-state index is 0.740. The highest BCUT2D eigenvalue weighted by Crippen LogP contribution is 2.11. The molecule has 0 bridgehead atoms. The van der Waals surface area contributed by atoms with Gasteiger partial charge in [0.05, 0.1) is 0 Å². The molecule has 1 rings (SSSR count). The maximum atomic E-state index is 4.14. The molecule has 3 N–H and O–H groups in total. The standard InChI is InChI=1S/C14H20N4/c1-11-6-5-7-13(10-11)12(2)18-14(15-3)8-9-17-16-4/h5-10,16-17H,2H2,1,3-4H3,(H,15,18)/b9-8-. The van der Waals surface area contributed by atoms with Gasteiger partial charge in [-0.1, -0.05) is 30.3 Å². The molecule has 0 atom stereocenters. The van der Waals surface area contributed by atoms with Crippen LogP contribution in [0.15, 0.2) is 48.1 Å². The van der Waals surface area contributed by atoms with E-state index < -0.39 is 0 Å². The average Bonchev–Trinajstić information content (AvgIpc) is 2.37. The molecule has 1 aromatic rings. The molecule has 96 valence electrons. The van der Waals surface area contributed by atoms with Crippen LogP contribution < -0.4 is 16.2 Å². The van der Waals surface area contributed by atoms with E-state index in [2.05, 4.69) is 46.8 Å². The van der Waals surface area contributed by atoms with E-state index in [4.69, 9.17) is 0 Å². The van der Waals surface area contributed by atoms with Gasteiger partial charge < -0.3 is 10.7 Å². The van der Waals surface area contributed by atoms with E-state index in [9.17, 15) is 0 Å². The molecule has 0 aliphatic carbocycles. The lowest BCUT2D eigenvalue weighted by Crippen LogP contribution is -2.24. The Morgan fingerprint density at radius 2 is 2.17 bits per heavy atom. The smallest absolute Gasteiger partial charge is 0.126 e. The fourth-order valence-corrected chi connectivity index (χ4v) is 1.44. The molecule has 4 heteroatoms. The van der Waals surface area contributed by atoms with Crippen molar-refractivity contribution in [3.8, 4) is 0 Å². The van der Waals surface area contributed by atoms with Crippen LogP contribution in [0.4, 0.5) is 0 Å². The van der Waals surface area contributed by atoms with Gasteiger partial charge in [0.1, 0.15) is 5.84 Å². The van der Waals surface area contributed by atoms with Gasteiger partial charge in [-0.3, -0.25) is 4.99 Å². The van der Waals surface area contributed by atoms with Crippen LogP contribution in [0, 0.1) is 6.92 Å². The van der Waals surface area contributed by atoms with E-state index >= 15 is 0 Å². The first-order valence-corrected chi connectivity index (χ1v) is 5.76. The second kappa shape index (κ2) is 7.29. The first kappa shape index (κ1) is 14.0. The van der Waals surface area contributed by atoms with Gasteiger partial charge in [0.25, 0.3) is 0 Å². The Labute approximate surface area is 108 Å². The third-order valence-corrected chi connectivity index (χ3v) is 2.36. The van der Waals surface area contributed by atoms with E-state index in [1.54, 1.807) is 20.3 Å². The summed E-state index contributed by atoms with van der Waals surface area (Å²) in [5.74, 6) is 0.740. The molecule has 1 aromatic carbocycles. The molecule has 0 unspecified atom stereocenters. The molecule has 0 radical (unpaired) electrons. The van der Waals surface area contributed by atoms with Crippen molar-refractivity contribution in [2.75, 3.05) is 14.1 Å². The van der Waals surface area contributed by atoms with Gasteiger partial charge in [-0.25, -0.2) is 5.43 Å². The number of hydrazine groups is 1. The summed E-state index contributed by atoms with van der Waals surface area (Å²) in [4.78, 5) is 4.14. The normalized spacial score (nSPS) is 11.6. The summed E-state index contributed by atoms with van der Waals surface area (Å²) in [6.07, 6.45) is 3.59. The van der Waals surface area contributed by atoms with Crippen molar-refractivity contribution in [3.05, 3.63) is 54.2 Å². The lowest BCUT2D eigenvalue weighted by Gasteiger charge is -2.10. The zero-order chi connectivity index (χ0) is 13.4. The van der Waals surface area contributed by atoms with Crippen LogP contribution in [0.1, 0.15) is 11.1 Å². The fraction of sp³-hybridized carbons (Fsp3) is 0.214. The number of hydrogen-bond donors (Lipinski definition) is 3. The Balaban J connectivity index is 2.68. The molecule has 4 nitrogen and oxygen atoms in total. The molecular weight excluding hydrogens is 224 g/mol. The predicted octanol–water partition coefficient (Wildman–Crippen LogP) is 1.82. The molecule has 0 spiro atoms. The Morgan fingerprint density at radius 1 is 1.39 bits per heavy atom. The zero-order valence-corrected chi connectivity index (χ0v) is 11.1. The third-order valence-electron chi connectivity index (χ3n) is 2.36. The van der Waals surface area contributed by atoms with Crippen molar-refractivity contribution in [2.45, 2.75) is 6.92 Å². The molecule has 0 aromatic heterocycles. The molecular formula is C14H20N4. The van der Waals surface area contributed by atoms with E-state index in [0.717, 1.165) is 17.1 Å². The fourth-order valence-electron chi connectivity index (χ4n) is 1.44. The molecule has 0 fully saturated rings. The molecule has 0 aliphatic rings. The number of hydrogen-bond acceptors (Lipinski definition) is 3. The van der Waals surface area contributed by atoms with Gasteiger partial charge in [0, 0.05) is 26.0 Å². The Kier molecular flexibility index (Phi) is 5.67. The SMILES string of the molecule is C=C(NC(/C=C\NNC)=NC)c1cccc(C)c1. The monoisotopic (exact) mass is 244 g/mol. The van der Waals surface area contributed by atoms with Crippen molar-refractivity contribution in [1.82, 2.24) is 16.2 Å². The Morgan fingerprint density at radius 3 is 2.78 bits per heavy atom. The number of rotatable bonds is 5.